The van der Waals surface area contributed by atoms with Gasteiger partial charge < -0.3 is 15.1 Å². The first-order valence-corrected chi connectivity index (χ1v) is 12.5. The van der Waals surface area contributed by atoms with Crippen LogP contribution in [0.3, 0.4) is 0 Å². The Hall–Kier alpha value is -3.73. The number of nitrogens with zero attached hydrogens (tertiary/aromatic N) is 3. The van der Waals surface area contributed by atoms with E-state index in [9.17, 15) is 24.0 Å². The van der Waals surface area contributed by atoms with Crippen molar-refractivity contribution >= 4 is 23.4 Å². The maximum Gasteiger partial charge on any atom is 0.255 e. The van der Waals surface area contributed by atoms with Gasteiger partial charge in [0, 0.05) is 24.2 Å². The Bertz CT molecular complexity index is 1370. The minimum absolute atomic E-state index is 0.0532. The lowest BCUT2D eigenvalue weighted by molar-refractivity contribution is -0.139. The highest BCUT2D eigenvalue weighted by molar-refractivity contribution is 6.08. The number of para-hydroxylation sites is 1. The zero-order valence-corrected chi connectivity index (χ0v) is 21.8. The fraction of sp³-hybridized carbons (Fsp3) is 0.448. The van der Waals surface area contributed by atoms with Crippen LogP contribution in [0.5, 0.6) is 0 Å². The zero-order chi connectivity index (χ0) is 26.9. The topological polar surface area (TPSA) is 93.5 Å². The summed E-state index contributed by atoms with van der Waals surface area (Å²) in [6, 6.07) is 11.9. The van der Waals surface area contributed by atoms with Crippen LogP contribution in [-0.2, 0) is 20.5 Å². The van der Waals surface area contributed by atoms with Crippen molar-refractivity contribution in [3.05, 3.63) is 65.0 Å². The van der Waals surface area contributed by atoms with Gasteiger partial charge in [-0.3, -0.25) is 14.4 Å². The zero-order valence-electron chi connectivity index (χ0n) is 21.8. The Morgan fingerprint density at radius 1 is 1.19 bits per heavy atom. The first-order valence-electron chi connectivity index (χ1n) is 12.5. The van der Waals surface area contributed by atoms with E-state index in [1.165, 1.54) is 23.1 Å². The lowest BCUT2D eigenvalue weighted by atomic mass is 9.80. The second kappa shape index (κ2) is 8.14. The lowest BCUT2D eigenvalue weighted by Gasteiger charge is -2.42. The summed E-state index contributed by atoms with van der Waals surface area (Å²) >= 11 is 0. The smallest absolute Gasteiger partial charge is 0.255 e. The van der Waals surface area contributed by atoms with Crippen LogP contribution in [0.2, 0.25) is 0 Å². The van der Waals surface area contributed by atoms with Crippen LogP contribution < -0.4 is 5.32 Å². The molecular weight excluding hydrogens is 471 g/mol. The summed E-state index contributed by atoms with van der Waals surface area (Å²) in [4.78, 5) is 44.3. The highest BCUT2D eigenvalue weighted by Gasteiger charge is 2.58. The summed E-state index contributed by atoms with van der Waals surface area (Å²) in [6.45, 7) is 9.64. The maximum atomic E-state index is 14.4. The molecule has 3 atom stereocenters. The molecule has 0 aromatic heterocycles. The number of hydrogen-bond acceptors (Lipinski definition) is 4. The minimum atomic E-state index is -1.02. The molecule has 1 fully saturated rings. The summed E-state index contributed by atoms with van der Waals surface area (Å²) in [6.07, 6.45) is 0.519. The van der Waals surface area contributed by atoms with E-state index in [-0.39, 0.29) is 36.1 Å². The van der Waals surface area contributed by atoms with E-state index in [1.807, 2.05) is 58.9 Å². The molecule has 0 saturated carbocycles. The Labute approximate surface area is 216 Å². The van der Waals surface area contributed by atoms with Crippen LogP contribution in [0.15, 0.2) is 42.5 Å². The number of nitrogens with one attached hydrogen (secondary N) is 1. The van der Waals surface area contributed by atoms with Crippen molar-refractivity contribution in [2.75, 3.05) is 11.9 Å². The molecule has 7 nitrogen and oxygen atoms in total. The predicted molar refractivity (Wildman–Crippen MR) is 136 cm³/mol. The van der Waals surface area contributed by atoms with Gasteiger partial charge in [-0.15, -0.1) is 0 Å². The summed E-state index contributed by atoms with van der Waals surface area (Å²) in [5.41, 5.74) is 0.0709. The summed E-state index contributed by atoms with van der Waals surface area (Å²) < 4.78 is 14.2. The molecule has 0 aliphatic carbocycles. The van der Waals surface area contributed by atoms with Gasteiger partial charge in [0.25, 0.3) is 5.91 Å². The van der Waals surface area contributed by atoms with Gasteiger partial charge >= 0.3 is 0 Å². The van der Waals surface area contributed by atoms with Crippen molar-refractivity contribution in [2.45, 2.75) is 70.5 Å². The number of halogens is 1. The molecule has 37 heavy (non-hydrogen) atoms. The minimum Gasteiger partial charge on any atom is -0.325 e. The number of rotatable bonds is 3. The van der Waals surface area contributed by atoms with Gasteiger partial charge in [0.05, 0.1) is 17.0 Å². The number of nitriles is 1. The van der Waals surface area contributed by atoms with E-state index in [2.05, 4.69) is 11.4 Å². The Morgan fingerprint density at radius 2 is 1.89 bits per heavy atom. The molecule has 3 aliphatic rings. The Balaban J connectivity index is 1.56. The molecule has 2 aromatic rings. The van der Waals surface area contributed by atoms with Crippen LogP contribution in [0.25, 0.3) is 0 Å². The third kappa shape index (κ3) is 3.71. The van der Waals surface area contributed by atoms with Crippen molar-refractivity contribution in [1.82, 2.24) is 9.80 Å². The molecule has 3 heterocycles. The third-order valence-electron chi connectivity index (χ3n) is 8.01. The highest BCUT2D eigenvalue weighted by atomic mass is 19.1. The second-order valence-corrected chi connectivity index (χ2v) is 12.1. The average molecular weight is 503 g/mol. The van der Waals surface area contributed by atoms with Crippen molar-refractivity contribution in [1.29, 1.82) is 5.26 Å². The molecule has 1 spiro atoms. The summed E-state index contributed by atoms with van der Waals surface area (Å²) in [5.74, 6) is -1.38. The molecule has 3 aliphatic heterocycles. The van der Waals surface area contributed by atoms with E-state index >= 15 is 0 Å². The number of likely N-dealkylation sites (tertiary alicyclic amines) is 1. The number of carbonyl (C=O) groups is 3. The van der Waals surface area contributed by atoms with Crippen LogP contribution in [-0.4, -0.2) is 46.1 Å². The molecule has 1 N–H and O–H groups in total. The van der Waals surface area contributed by atoms with E-state index < -0.39 is 28.9 Å². The quantitative estimate of drug-likeness (QED) is 0.676. The normalized spacial score (nSPS) is 24.6. The molecule has 0 radical (unpaired) electrons. The number of fused-ring (bicyclic) bond motifs is 3. The first-order chi connectivity index (χ1) is 17.3. The van der Waals surface area contributed by atoms with E-state index in [4.69, 9.17) is 0 Å². The SMILES string of the molecule is CC(C)(C)CC(C(=O)N1C[C@]2(C[C@H]1C#N)C(=O)Nc1ccccc12)N1C(=O)c2ccc(F)cc2C1(C)C. The fourth-order valence-electron chi connectivity index (χ4n) is 6.30. The number of amides is 3. The molecule has 5 rings (SSSR count). The van der Waals surface area contributed by atoms with Crippen LogP contribution in [0, 0.1) is 22.6 Å². The second-order valence-electron chi connectivity index (χ2n) is 12.1. The highest BCUT2D eigenvalue weighted by Crippen LogP contribution is 2.48. The van der Waals surface area contributed by atoms with E-state index in [1.54, 1.807) is 4.90 Å². The van der Waals surface area contributed by atoms with Gasteiger partial charge in [-0.05, 0) is 61.1 Å². The molecule has 192 valence electrons. The van der Waals surface area contributed by atoms with Gasteiger partial charge in [0.1, 0.15) is 17.9 Å². The van der Waals surface area contributed by atoms with E-state index in [0.717, 1.165) is 5.56 Å². The molecule has 8 heteroatoms. The third-order valence-corrected chi connectivity index (χ3v) is 8.01. The van der Waals surface area contributed by atoms with Crippen LogP contribution in [0.1, 0.15) is 68.9 Å². The first kappa shape index (κ1) is 24.9. The van der Waals surface area contributed by atoms with Crippen molar-refractivity contribution in [2.24, 2.45) is 5.41 Å². The Morgan fingerprint density at radius 3 is 2.57 bits per heavy atom. The van der Waals surface area contributed by atoms with Crippen LogP contribution >= 0.6 is 0 Å². The van der Waals surface area contributed by atoms with Crippen molar-refractivity contribution in [3.63, 3.8) is 0 Å². The summed E-state index contributed by atoms with van der Waals surface area (Å²) in [7, 11) is 0. The van der Waals surface area contributed by atoms with Crippen molar-refractivity contribution in [3.8, 4) is 6.07 Å². The number of hydrogen-bond donors (Lipinski definition) is 1. The van der Waals surface area contributed by atoms with Crippen LogP contribution in [0.4, 0.5) is 10.1 Å². The van der Waals surface area contributed by atoms with Crippen molar-refractivity contribution < 1.29 is 18.8 Å². The van der Waals surface area contributed by atoms with Gasteiger partial charge in [-0.25, -0.2) is 4.39 Å². The largest absolute Gasteiger partial charge is 0.325 e. The van der Waals surface area contributed by atoms with Gasteiger partial charge in [0.15, 0.2) is 0 Å². The summed E-state index contributed by atoms with van der Waals surface area (Å²) in [5, 5.41) is 13.0. The molecule has 0 bridgehead atoms. The van der Waals surface area contributed by atoms with Gasteiger partial charge in [-0.1, -0.05) is 39.0 Å². The predicted octanol–water partition coefficient (Wildman–Crippen LogP) is 4.34. The monoisotopic (exact) mass is 502 g/mol. The molecule has 3 amide bonds. The van der Waals surface area contributed by atoms with Gasteiger partial charge in [-0.2, -0.15) is 5.26 Å². The average Bonchev–Trinajstić information content (AvgIpc) is 3.41. The molecule has 1 saturated heterocycles. The Kier molecular flexibility index (Phi) is 5.49. The number of carbonyl (C=O) groups excluding carboxylic acids is 3. The maximum absolute atomic E-state index is 14.4. The molecule has 2 aromatic carbocycles. The molecular formula is C29H31FN4O3. The lowest BCUT2D eigenvalue weighted by Crippen LogP contribution is -2.56. The number of anilines is 1. The van der Waals surface area contributed by atoms with E-state index in [0.29, 0.717) is 23.2 Å². The fourth-order valence-corrected chi connectivity index (χ4v) is 6.30. The molecule has 1 unspecified atom stereocenters. The standard InChI is InChI=1S/C29H31FN4O3/c1-27(2,3)14-23(34-24(35)19-11-10-17(30)12-21(19)28(34,4)5)25(36)33-16-29(13-18(33)15-31)20-8-6-7-9-22(20)32-26(29)37/h6-12,18,23H,13-14,16H2,1-5H3,(H,32,37)/t18-,23?,29-/m0/s1. The van der Waals surface area contributed by atoms with Gasteiger partial charge in [0.2, 0.25) is 11.8 Å². The number of benzene rings is 2.